The highest BCUT2D eigenvalue weighted by Gasteiger charge is 2.67. The van der Waals surface area contributed by atoms with Gasteiger partial charge in [0, 0.05) is 27.3 Å². The number of ether oxygens (including phenoxy) is 1. The summed E-state index contributed by atoms with van der Waals surface area (Å²) in [5, 5.41) is 14.2. The topological polar surface area (TPSA) is 82.4 Å². The lowest BCUT2D eigenvalue weighted by Crippen LogP contribution is -2.42. The molecule has 5 rings (SSSR count). The molecule has 2 aliphatic heterocycles. The van der Waals surface area contributed by atoms with E-state index in [1.807, 2.05) is 59.5 Å². The molecule has 0 bridgehead atoms. The van der Waals surface area contributed by atoms with E-state index in [-0.39, 0.29) is 5.91 Å². The van der Waals surface area contributed by atoms with Crippen molar-refractivity contribution in [1.82, 2.24) is 4.90 Å². The minimum Gasteiger partial charge on any atom is -0.468 e. The van der Waals surface area contributed by atoms with E-state index in [4.69, 9.17) is 16.3 Å². The summed E-state index contributed by atoms with van der Waals surface area (Å²) in [5.41, 5.74) is 1.23. The van der Waals surface area contributed by atoms with Gasteiger partial charge in [-0.05, 0) is 59.2 Å². The zero-order chi connectivity index (χ0) is 25.4. The number of carbonyl (C=O) groups is 2. The molecular weight excluding hydrogens is 542 g/mol. The van der Waals surface area contributed by atoms with Crippen LogP contribution in [0.15, 0.2) is 83.5 Å². The SMILES string of the molecule is COC(=O)[C@]1(C#N)[C@H](c2ccc(Br)cc2)[C@@H](C(=O)Nc2ccc(Cl)cc2)N2C=Cc3ccccc3[C@@H]21. The molecule has 4 atom stereocenters. The van der Waals surface area contributed by atoms with Gasteiger partial charge in [-0.3, -0.25) is 9.59 Å². The average molecular weight is 563 g/mol. The van der Waals surface area contributed by atoms with E-state index in [0.29, 0.717) is 16.3 Å². The summed E-state index contributed by atoms with van der Waals surface area (Å²) in [6.07, 6.45) is 3.70. The number of benzene rings is 3. The lowest BCUT2D eigenvalue weighted by Gasteiger charge is -2.35. The third-order valence-electron chi connectivity index (χ3n) is 6.89. The van der Waals surface area contributed by atoms with E-state index in [9.17, 15) is 14.9 Å². The monoisotopic (exact) mass is 561 g/mol. The Morgan fingerprint density at radius 1 is 1.08 bits per heavy atom. The largest absolute Gasteiger partial charge is 0.468 e. The Kier molecular flexibility index (Phi) is 6.33. The summed E-state index contributed by atoms with van der Waals surface area (Å²) in [6.45, 7) is 0. The Hall–Kier alpha value is -3.60. The fourth-order valence-electron chi connectivity index (χ4n) is 5.38. The van der Waals surface area contributed by atoms with E-state index < -0.39 is 29.4 Å². The fourth-order valence-corrected chi connectivity index (χ4v) is 5.78. The van der Waals surface area contributed by atoms with Crippen LogP contribution in [-0.2, 0) is 14.3 Å². The quantitative estimate of drug-likeness (QED) is 0.399. The second kappa shape index (κ2) is 9.45. The van der Waals surface area contributed by atoms with Crippen LogP contribution in [0.5, 0.6) is 0 Å². The molecule has 0 aromatic heterocycles. The van der Waals surface area contributed by atoms with Crippen LogP contribution in [0.3, 0.4) is 0 Å². The predicted octanol–water partition coefficient (Wildman–Crippen LogP) is 5.92. The average Bonchev–Trinajstić information content (AvgIpc) is 3.22. The van der Waals surface area contributed by atoms with Crippen LogP contribution in [0, 0.1) is 16.7 Å². The van der Waals surface area contributed by atoms with Crippen LogP contribution in [0.2, 0.25) is 5.02 Å². The summed E-state index contributed by atoms with van der Waals surface area (Å²) in [6, 6.07) is 22.4. The molecule has 0 aliphatic carbocycles. The number of amides is 1. The van der Waals surface area contributed by atoms with Gasteiger partial charge in [0.2, 0.25) is 5.91 Å². The molecule has 3 aromatic rings. The zero-order valence-electron chi connectivity index (χ0n) is 19.2. The maximum absolute atomic E-state index is 13.9. The van der Waals surface area contributed by atoms with Crippen molar-refractivity contribution in [2.45, 2.75) is 18.0 Å². The summed E-state index contributed by atoms with van der Waals surface area (Å²) >= 11 is 9.47. The fraction of sp³-hybridized carbons (Fsp3) is 0.179. The summed E-state index contributed by atoms with van der Waals surface area (Å²) < 4.78 is 6.10. The van der Waals surface area contributed by atoms with Crippen molar-refractivity contribution in [3.05, 3.63) is 105 Å². The maximum Gasteiger partial charge on any atom is 0.329 e. The molecule has 0 saturated carbocycles. The van der Waals surface area contributed by atoms with Gasteiger partial charge in [0.15, 0.2) is 5.41 Å². The number of fused-ring (bicyclic) bond motifs is 3. The molecule has 2 aliphatic rings. The third-order valence-corrected chi connectivity index (χ3v) is 7.67. The smallest absolute Gasteiger partial charge is 0.329 e. The predicted molar refractivity (Wildman–Crippen MR) is 141 cm³/mol. The van der Waals surface area contributed by atoms with Crippen molar-refractivity contribution in [2.75, 3.05) is 12.4 Å². The number of hydrogen-bond donors (Lipinski definition) is 1. The number of carbonyl (C=O) groups excluding carboxylic acids is 2. The molecule has 6 nitrogen and oxygen atoms in total. The van der Waals surface area contributed by atoms with Gasteiger partial charge in [0.25, 0.3) is 0 Å². The van der Waals surface area contributed by atoms with Crippen LogP contribution in [-0.4, -0.2) is 29.9 Å². The molecule has 0 unspecified atom stereocenters. The zero-order valence-corrected chi connectivity index (χ0v) is 21.5. The summed E-state index contributed by atoms with van der Waals surface area (Å²) in [7, 11) is 1.27. The molecule has 180 valence electrons. The molecule has 1 saturated heterocycles. The first-order chi connectivity index (χ1) is 17.4. The van der Waals surface area contributed by atoms with Gasteiger partial charge in [-0.1, -0.05) is 63.9 Å². The standard InChI is InChI=1S/C28H21BrClN3O3/c1-36-27(35)28(16-31)23(18-6-8-19(29)9-7-18)24(26(34)32-21-12-10-20(30)11-13-21)33-15-14-17-4-2-3-5-22(17)25(28)33/h2-15,23-25H,1H3,(H,32,34)/t23-,24+,25-,28-/m1/s1. The Morgan fingerprint density at radius 3 is 2.44 bits per heavy atom. The van der Waals surface area contributed by atoms with Gasteiger partial charge in [0.05, 0.1) is 19.2 Å². The van der Waals surface area contributed by atoms with Crippen LogP contribution >= 0.6 is 27.5 Å². The van der Waals surface area contributed by atoms with Crippen LogP contribution in [0.4, 0.5) is 5.69 Å². The molecule has 3 aromatic carbocycles. The number of nitrogens with zero attached hydrogens (tertiary/aromatic N) is 2. The van der Waals surface area contributed by atoms with Crippen LogP contribution in [0.1, 0.15) is 28.7 Å². The normalized spacial score (nSPS) is 23.8. The highest BCUT2D eigenvalue weighted by molar-refractivity contribution is 9.10. The van der Waals surface area contributed by atoms with Gasteiger partial charge in [-0.2, -0.15) is 5.26 Å². The number of nitriles is 1. The minimum absolute atomic E-state index is 0.347. The number of esters is 1. The number of nitrogens with one attached hydrogen (secondary N) is 1. The van der Waals surface area contributed by atoms with E-state index >= 15 is 0 Å². The molecule has 1 amide bonds. The molecule has 0 spiro atoms. The number of anilines is 1. The Labute approximate surface area is 222 Å². The summed E-state index contributed by atoms with van der Waals surface area (Å²) in [4.78, 5) is 29.4. The van der Waals surface area contributed by atoms with Crippen LogP contribution in [0.25, 0.3) is 6.08 Å². The van der Waals surface area contributed by atoms with Crippen molar-refractivity contribution in [3.63, 3.8) is 0 Å². The first kappa shape index (κ1) is 24.1. The Balaban J connectivity index is 1.72. The Morgan fingerprint density at radius 2 is 1.78 bits per heavy atom. The van der Waals surface area contributed by atoms with E-state index in [1.165, 1.54) is 7.11 Å². The molecule has 8 heteroatoms. The van der Waals surface area contributed by atoms with Crippen molar-refractivity contribution in [2.24, 2.45) is 5.41 Å². The van der Waals surface area contributed by atoms with Crippen molar-refractivity contribution < 1.29 is 14.3 Å². The van der Waals surface area contributed by atoms with Crippen molar-refractivity contribution in [3.8, 4) is 6.07 Å². The Bertz CT molecular complexity index is 1400. The van der Waals surface area contributed by atoms with E-state index in [0.717, 1.165) is 15.6 Å². The molecule has 1 fully saturated rings. The van der Waals surface area contributed by atoms with Crippen molar-refractivity contribution >= 4 is 51.2 Å². The first-order valence-electron chi connectivity index (χ1n) is 11.3. The van der Waals surface area contributed by atoms with Gasteiger partial charge >= 0.3 is 5.97 Å². The van der Waals surface area contributed by atoms with Gasteiger partial charge < -0.3 is 15.0 Å². The van der Waals surface area contributed by atoms with E-state index in [2.05, 4.69) is 27.3 Å². The first-order valence-corrected chi connectivity index (χ1v) is 12.4. The highest BCUT2D eigenvalue weighted by Crippen LogP contribution is 2.60. The highest BCUT2D eigenvalue weighted by atomic mass is 79.9. The maximum atomic E-state index is 13.9. The van der Waals surface area contributed by atoms with Crippen molar-refractivity contribution in [1.29, 1.82) is 5.26 Å². The number of rotatable bonds is 4. The number of methoxy groups -OCH3 is 1. The minimum atomic E-state index is -1.69. The van der Waals surface area contributed by atoms with Gasteiger partial charge in [-0.25, -0.2) is 0 Å². The molecular formula is C28H21BrClN3O3. The molecule has 0 radical (unpaired) electrons. The second-order valence-corrected chi connectivity index (χ2v) is 10.1. The van der Waals surface area contributed by atoms with E-state index in [1.54, 1.807) is 30.5 Å². The van der Waals surface area contributed by atoms with Gasteiger partial charge in [0.1, 0.15) is 6.04 Å². The van der Waals surface area contributed by atoms with Crippen LogP contribution < -0.4 is 5.32 Å². The molecule has 2 heterocycles. The molecule has 36 heavy (non-hydrogen) atoms. The van der Waals surface area contributed by atoms with Gasteiger partial charge in [-0.15, -0.1) is 0 Å². The second-order valence-electron chi connectivity index (χ2n) is 8.74. The number of halogens is 2. The lowest BCUT2D eigenvalue weighted by atomic mass is 9.67. The summed E-state index contributed by atoms with van der Waals surface area (Å²) in [5.74, 6) is -1.85. The lowest BCUT2D eigenvalue weighted by molar-refractivity contribution is -0.151. The molecule has 1 N–H and O–H groups in total. The third kappa shape index (κ3) is 3.78. The number of hydrogen-bond acceptors (Lipinski definition) is 5.